The van der Waals surface area contributed by atoms with Gasteiger partial charge in [0, 0.05) is 26.1 Å². The van der Waals surface area contributed by atoms with Crippen LogP contribution in [-0.4, -0.2) is 24.6 Å². The Hall–Kier alpha value is -3.24. The molecule has 0 bridgehead atoms. The predicted molar refractivity (Wildman–Crippen MR) is 123 cm³/mol. The Morgan fingerprint density at radius 3 is 2.61 bits per heavy atom. The van der Waals surface area contributed by atoms with Gasteiger partial charge in [0.1, 0.15) is 11.5 Å². The van der Waals surface area contributed by atoms with E-state index in [1.54, 1.807) is 30.3 Å². The number of anilines is 2. The zero-order chi connectivity index (χ0) is 21.5. The Morgan fingerprint density at radius 1 is 1.00 bits per heavy atom. The van der Waals surface area contributed by atoms with Crippen molar-refractivity contribution in [2.75, 3.05) is 5.32 Å². The molecule has 7 nitrogen and oxygen atoms in total. The highest BCUT2D eigenvalue weighted by Crippen LogP contribution is 2.32. The molecule has 3 aromatic heterocycles. The fourth-order valence-corrected chi connectivity index (χ4v) is 4.42. The van der Waals surface area contributed by atoms with Gasteiger partial charge in [0.25, 0.3) is 5.56 Å². The number of nitrogens with one attached hydrogen (secondary N) is 1. The molecule has 0 saturated heterocycles. The fourth-order valence-electron chi connectivity index (χ4n) is 3.11. The summed E-state index contributed by atoms with van der Waals surface area (Å²) < 4.78 is 16.5. The minimum Gasteiger partial charge on any atom is -0.319 e. The third-order valence-electron chi connectivity index (χ3n) is 4.53. The topological polar surface area (TPSA) is 85.1 Å². The summed E-state index contributed by atoms with van der Waals surface area (Å²) in [7, 11) is 0. The fraction of sp³-hybridized carbons (Fsp3) is 0. The summed E-state index contributed by atoms with van der Waals surface area (Å²) in [6, 6.07) is 14.6. The monoisotopic (exact) mass is 540 g/mol. The highest BCUT2D eigenvalue weighted by Gasteiger charge is 2.17. The van der Waals surface area contributed by atoms with E-state index in [1.807, 2.05) is 12.1 Å². The van der Waals surface area contributed by atoms with E-state index in [1.165, 1.54) is 22.8 Å². The molecule has 0 atom stereocenters. The molecule has 0 aliphatic rings. The predicted octanol–water partition coefficient (Wildman–Crippen LogP) is 5.11. The van der Waals surface area contributed by atoms with Crippen LogP contribution in [0.25, 0.3) is 27.9 Å². The van der Waals surface area contributed by atoms with Crippen molar-refractivity contribution in [1.82, 2.24) is 24.6 Å². The van der Waals surface area contributed by atoms with Crippen molar-refractivity contribution in [1.29, 1.82) is 0 Å². The van der Waals surface area contributed by atoms with Gasteiger partial charge in [-0.25, -0.2) is 19.3 Å². The van der Waals surface area contributed by atoms with E-state index in [-0.39, 0.29) is 17.5 Å². The number of benzene rings is 2. The summed E-state index contributed by atoms with van der Waals surface area (Å²) in [5, 5.41) is 8.34. The van der Waals surface area contributed by atoms with Gasteiger partial charge in [-0.15, -0.1) is 5.10 Å². The quantitative estimate of drug-likeness (QED) is 0.342. The van der Waals surface area contributed by atoms with Crippen molar-refractivity contribution < 1.29 is 4.39 Å². The Bertz CT molecular complexity index is 1520. The first kappa shape index (κ1) is 19.7. The summed E-state index contributed by atoms with van der Waals surface area (Å²) in [6.07, 6.45) is 1.42. The first-order chi connectivity index (χ1) is 15.0. The molecule has 1 N–H and O–H groups in total. The molecule has 0 aliphatic carbocycles. The SMILES string of the molecule is O=c1nccccc1Nc1nc2c(Br)cc(Br)cc2c2nc(-c3ccc(F)cc3)nn12. The van der Waals surface area contributed by atoms with E-state index < -0.39 is 5.56 Å². The van der Waals surface area contributed by atoms with Crippen molar-refractivity contribution in [3.63, 3.8) is 0 Å². The molecule has 2 aromatic carbocycles. The molecule has 0 spiro atoms. The molecule has 10 heteroatoms. The Balaban J connectivity index is 1.80. The van der Waals surface area contributed by atoms with Crippen LogP contribution < -0.4 is 10.9 Å². The summed E-state index contributed by atoms with van der Waals surface area (Å²) in [6.45, 7) is 0. The zero-order valence-electron chi connectivity index (χ0n) is 15.6. The van der Waals surface area contributed by atoms with E-state index in [4.69, 9.17) is 0 Å². The second kappa shape index (κ2) is 7.78. The summed E-state index contributed by atoms with van der Waals surface area (Å²) in [4.78, 5) is 25.5. The van der Waals surface area contributed by atoms with Gasteiger partial charge >= 0.3 is 0 Å². The van der Waals surface area contributed by atoms with E-state index in [2.05, 4.69) is 57.2 Å². The normalized spacial score (nSPS) is 11.2. The zero-order valence-corrected chi connectivity index (χ0v) is 18.7. The lowest BCUT2D eigenvalue weighted by Gasteiger charge is -2.09. The standard InChI is InChI=1S/C21H11Br2FN6O/c22-12-9-14-17(15(23)10-12)27-21(26-16-3-1-2-8-25-20(16)31)30-19(14)28-18(29-30)11-4-6-13(24)7-5-11/h1-10H,(H,25,26,27,31). The number of rotatable bonds is 3. The van der Waals surface area contributed by atoms with Crippen LogP contribution in [0.2, 0.25) is 0 Å². The minimum atomic E-state index is -0.436. The number of halogens is 3. The van der Waals surface area contributed by atoms with Gasteiger partial charge in [0.15, 0.2) is 11.5 Å². The summed E-state index contributed by atoms with van der Waals surface area (Å²) >= 11 is 7.03. The maximum absolute atomic E-state index is 13.4. The molecule has 5 aromatic rings. The van der Waals surface area contributed by atoms with E-state index in [0.717, 1.165) is 14.3 Å². The van der Waals surface area contributed by atoms with E-state index in [0.29, 0.717) is 22.6 Å². The molecule has 0 aliphatic heterocycles. The van der Waals surface area contributed by atoms with Crippen LogP contribution >= 0.6 is 31.9 Å². The van der Waals surface area contributed by atoms with Crippen molar-refractivity contribution in [2.24, 2.45) is 0 Å². The minimum absolute atomic E-state index is 0.241. The van der Waals surface area contributed by atoms with Gasteiger partial charge in [0.05, 0.1) is 5.52 Å². The van der Waals surface area contributed by atoms with Crippen LogP contribution in [0.1, 0.15) is 0 Å². The lowest BCUT2D eigenvalue weighted by molar-refractivity contribution is 0.628. The van der Waals surface area contributed by atoms with E-state index in [9.17, 15) is 9.18 Å². The third kappa shape index (κ3) is 3.68. The maximum atomic E-state index is 13.4. The van der Waals surface area contributed by atoms with Crippen LogP contribution in [0.15, 0.2) is 74.5 Å². The van der Waals surface area contributed by atoms with Crippen LogP contribution in [0.3, 0.4) is 0 Å². The molecular formula is C21H11Br2FN6O. The van der Waals surface area contributed by atoms with Gasteiger partial charge in [-0.3, -0.25) is 4.79 Å². The van der Waals surface area contributed by atoms with Crippen molar-refractivity contribution in [2.45, 2.75) is 0 Å². The van der Waals surface area contributed by atoms with Gasteiger partial charge in [-0.05, 0) is 64.5 Å². The average Bonchev–Trinajstić information content (AvgIpc) is 3.10. The lowest BCUT2D eigenvalue weighted by atomic mass is 10.2. The Morgan fingerprint density at radius 2 is 1.81 bits per heavy atom. The van der Waals surface area contributed by atoms with Gasteiger partial charge in [0.2, 0.25) is 5.95 Å². The molecule has 3 heterocycles. The number of hydrogen-bond donors (Lipinski definition) is 1. The lowest BCUT2D eigenvalue weighted by Crippen LogP contribution is -2.11. The largest absolute Gasteiger partial charge is 0.319 e. The summed E-state index contributed by atoms with van der Waals surface area (Å²) in [5.74, 6) is 0.339. The Labute approximate surface area is 191 Å². The van der Waals surface area contributed by atoms with Crippen LogP contribution in [-0.2, 0) is 0 Å². The van der Waals surface area contributed by atoms with Gasteiger partial charge < -0.3 is 5.32 Å². The number of nitrogens with zero attached hydrogens (tertiary/aromatic N) is 5. The van der Waals surface area contributed by atoms with Crippen molar-refractivity contribution in [3.05, 3.63) is 85.9 Å². The number of aromatic nitrogens is 5. The Kier molecular flexibility index (Phi) is 4.95. The van der Waals surface area contributed by atoms with Crippen LogP contribution in [0.4, 0.5) is 16.0 Å². The molecule has 0 saturated carbocycles. The van der Waals surface area contributed by atoms with Crippen molar-refractivity contribution in [3.8, 4) is 11.4 Å². The van der Waals surface area contributed by atoms with Crippen LogP contribution in [0.5, 0.6) is 0 Å². The molecule has 0 fully saturated rings. The number of fused-ring (bicyclic) bond motifs is 3. The van der Waals surface area contributed by atoms with Gasteiger partial charge in [-0.2, -0.15) is 4.52 Å². The second-order valence-electron chi connectivity index (χ2n) is 6.57. The molecule has 5 rings (SSSR count). The molecule has 31 heavy (non-hydrogen) atoms. The third-order valence-corrected chi connectivity index (χ3v) is 5.59. The second-order valence-corrected chi connectivity index (χ2v) is 8.34. The number of hydrogen-bond acceptors (Lipinski definition) is 6. The first-order valence-corrected chi connectivity index (χ1v) is 10.6. The molecular weight excluding hydrogens is 531 g/mol. The first-order valence-electron chi connectivity index (χ1n) is 9.03. The van der Waals surface area contributed by atoms with Crippen molar-refractivity contribution >= 4 is 60.0 Å². The van der Waals surface area contributed by atoms with E-state index >= 15 is 0 Å². The summed E-state index contributed by atoms with van der Waals surface area (Å²) in [5.41, 5.74) is 1.61. The smallest absolute Gasteiger partial charge is 0.293 e. The molecule has 0 unspecified atom stereocenters. The maximum Gasteiger partial charge on any atom is 0.293 e. The van der Waals surface area contributed by atoms with Gasteiger partial charge in [-0.1, -0.05) is 22.0 Å². The molecule has 0 amide bonds. The molecule has 0 radical (unpaired) electrons. The van der Waals surface area contributed by atoms with Crippen LogP contribution in [0, 0.1) is 5.82 Å². The average molecular weight is 542 g/mol. The molecule has 152 valence electrons. The highest BCUT2D eigenvalue weighted by molar-refractivity contribution is 9.11. The highest BCUT2D eigenvalue weighted by atomic mass is 79.9.